The Morgan fingerprint density at radius 3 is 2.37 bits per heavy atom. The van der Waals surface area contributed by atoms with E-state index in [9.17, 15) is 9.59 Å². The molecule has 2 N–H and O–H groups in total. The lowest BCUT2D eigenvalue weighted by molar-refractivity contribution is -0.113. The van der Waals surface area contributed by atoms with Crippen LogP contribution in [0.3, 0.4) is 0 Å². The Kier molecular flexibility index (Phi) is 7.67. The van der Waals surface area contributed by atoms with Gasteiger partial charge in [0.05, 0.1) is 16.3 Å². The number of anilines is 2. The SMILES string of the molecule is Cc1ccc(NC(=O)CSc2cccc(NC(=O)c3ccc(Cl)cc3Cl)c2)cc1Cl. The highest BCUT2D eigenvalue weighted by molar-refractivity contribution is 8.00. The van der Waals surface area contributed by atoms with Crippen molar-refractivity contribution in [1.82, 2.24) is 0 Å². The van der Waals surface area contributed by atoms with Crippen molar-refractivity contribution in [1.29, 1.82) is 0 Å². The molecule has 3 rings (SSSR count). The van der Waals surface area contributed by atoms with E-state index < -0.39 is 0 Å². The summed E-state index contributed by atoms with van der Waals surface area (Å²) < 4.78 is 0. The first-order valence-electron chi connectivity index (χ1n) is 8.87. The molecule has 4 nitrogen and oxygen atoms in total. The highest BCUT2D eigenvalue weighted by Gasteiger charge is 2.12. The number of nitrogens with one attached hydrogen (secondary N) is 2. The van der Waals surface area contributed by atoms with Crippen LogP contribution in [0.25, 0.3) is 0 Å². The molecule has 30 heavy (non-hydrogen) atoms. The zero-order valence-corrected chi connectivity index (χ0v) is 18.9. The first-order valence-corrected chi connectivity index (χ1v) is 11.0. The average Bonchev–Trinajstić information content (AvgIpc) is 2.69. The third-order valence-corrected chi connectivity index (χ3v) is 6.04. The van der Waals surface area contributed by atoms with Crippen molar-refractivity contribution in [3.05, 3.63) is 86.9 Å². The maximum atomic E-state index is 12.5. The van der Waals surface area contributed by atoms with Crippen LogP contribution in [0.4, 0.5) is 11.4 Å². The summed E-state index contributed by atoms with van der Waals surface area (Å²) in [5.74, 6) is -0.276. The van der Waals surface area contributed by atoms with Gasteiger partial charge < -0.3 is 10.6 Å². The number of carbonyl (C=O) groups excluding carboxylic acids is 2. The van der Waals surface area contributed by atoms with Crippen molar-refractivity contribution in [2.45, 2.75) is 11.8 Å². The molecule has 3 aromatic carbocycles. The standard InChI is InChI=1S/C22H17Cl3N2O2S/c1-13-5-7-16(11-19(13)24)26-21(28)12-30-17-4-2-3-15(10-17)27-22(29)18-8-6-14(23)9-20(18)25/h2-11H,12H2,1H3,(H,26,28)(H,27,29). The molecule has 0 radical (unpaired) electrons. The Labute approximate surface area is 193 Å². The minimum Gasteiger partial charge on any atom is -0.325 e. The Bertz CT molecular complexity index is 1110. The number of carbonyl (C=O) groups is 2. The third-order valence-electron chi connectivity index (χ3n) is 4.09. The minimum absolute atomic E-state index is 0.151. The van der Waals surface area contributed by atoms with E-state index in [-0.39, 0.29) is 22.6 Å². The zero-order valence-electron chi connectivity index (χ0n) is 15.8. The molecule has 0 aliphatic heterocycles. The summed E-state index contributed by atoms with van der Waals surface area (Å²) in [4.78, 5) is 25.5. The minimum atomic E-state index is -0.340. The molecule has 0 unspecified atom stereocenters. The molecule has 0 saturated heterocycles. The second-order valence-electron chi connectivity index (χ2n) is 6.41. The van der Waals surface area contributed by atoms with E-state index in [4.69, 9.17) is 34.8 Å². The van der Waals surface area contributed by atoms with E-state index in [1.54, 1.807) is 36.4 Å². The van der Waals surface area contributed by atoms with E-state index in [1.807, 2.05) is 25.1 Å². The number of amides is 2. The van der Waals surface area contributed by atoms with E-state index in [1.165, 1.54) is 17.8 Å². The monoisotopic (exact) mass is 478 g/mol. The largest absolute Gasteiger partial charge is 0.325 e. The molecular formula is C22H17Cl3N2O2S. The van der Waals surface area contributed by atoms with Crippen LogP contribution in [0.1, 0.15) is 15.9 Å². The maximum absolute atomic E-state index is 12.5. The molecular weight excluding hydrogens is 463 g/mol. The predicted molar refractivity (Wildman–Crippen MR) is 126 cm³/mol. The Morgan fingerprint density at radius 1 is 0.867 bits per heavy atom. The lowest BCUT2D eigenvalue weighted by Crippen LogP contribution is -2.14. The van der Waals surface area contributed by atoms with Gasteiger partial charge in [-0.2, -0.15) is 0 Å². The molecule has 3 aromatic rings. The number of thioether (sulfide) groups is 1. The maximum Gasteiger partial charge on any atom is 0.257 e. The van der Waals surface area contributed by atoms with Crippen LogP contribution in [0.15, 0.2) is 65.6 Å². The number of aryl methyl sites for hydroxylation is 1. The second kappa shape index (κ2) is 10.2. The van der Waals surface area contributed by atoms with Gasteiger partial charge in [-0.3, -0.25) is 9.59 Å². The summed E-state index contributed by atoms with van der Waals surface area (Å²) in [5, 5.41) is 6.96. The molecule has 2 amide bonds. The summed E-state index contributed by atoms with van der Waals surface area (Å²) in [6.45, 7) is 1.90. The molecule has 0 heterocycles. The fraction of sp³-hybridized carbons (Fsp3) is 0.0909. The number of hydrogen-bond donors (Lipinski definition) is 2. The van der Waals surface area contributed by atoms with Crippen LogP contribution in [0, 0.1) is 6.92 Å². The van der Waals surface area contributed by atoms with Crippen LogP contribution < -0.4 is 10.6 Å². The van der Waals surface area contributed by atoms with Gasteiger partial charge in [-0.15, -0.1) is 11.8 Å². The van der Waals surface area contributed by atoms with Crippen molar-refractivity contribution in [2.24, 2.45) is 0 Å². The Hall–Kier alpha value is -2.18. The molecule has 0 atom stereocenters. The van der Waals surface area contributed by atoms with Crippen LogP contribution in [0.2, 0.25) is 15.1 Å². The number of rotatable bonds is 6. The lowest BCUT2D eigenvalue weighted by atomic mass is 10.2. The molecule has 0 aliphatic carbocycles. The number of benzene rings is 3. The molecule has 0 aliphatic rings. The fourth-order valence-electron chi connectivity index (χ4n) is 2.55. The first-order chi connectivity index (χ1) is 14.3. The Balaban J connectivity index is 1.59. The van der Waals surface area contributed by atoms with E-state index in [2.05, 4.69) is 10.6 Å². The molecule has 0 saturated carbocycles. The molecule has 0 spiro atoms. The smallest absolute Gasteiger partial charge is 0.257 e. The van der Waals surface area contributed by atoms with Gasteiger partial charge in [0.1, 0.15) is 0 Å². The normalized spacial score (nSPS) is 10.5. The summed E-state index contributed by atoms with van der Waals surface area (Å²) in [5.41, 5.74) is 2.52. The topological polar surface area (TPSA) is 58.2 Å². The summed E-state index contributed by atoms with van der Waals surface area (Å²) >= 11 is 19.4. The van der Waals surface area contributed by atoms with Crippen LogP contribution >= 0.6 is 46.6 Å². The van der Waals surface area contributed by atoms with Crippen molar-refractivity contribution in [2.75, 3.05) is 16.4 Å². The van der Waals surface area contributed by atoms with Crippen molar-refractivity contribution >= 4 is 69.8 Å². The van der Waals surface area contributed by atoms with Crippen molar-refractivity contribution < 1.29 is 9.59 Å². The van der Waals surface area contributed by atoms with Crippen LogP contribution in [0.5, 0.6) is 0 Å². The fourth-order valence-corrected chi connectivity index (χ4v) is 3.98. The molecule has 8 heteroatoms. The summed E-state index contributed by atoms with van der Waals surface area (Å²) in [6, 6.07) is 17.3. The van der Waals surface area contributed by atoms with E-state index in [0.717, 1.165) is 10.5 Å². The van der Waals surface area contributed by atoms with Gasteiger partial charge in [-0.1, -0.05) is 46.9 Å². The molecule has 154 valence electrons. The van der Waals surface area contributed by atoms with Crippen LogP contribution in [-0.4, -0.2) is 17.6 Å². The van der Waals surface area contributed by atoms with Crippen molar-refractivity contribution in [3.63, 3.8) is 0 Å². The number of hydrogen-bond acceptors (Lipinski definition) is 3. The van der Waals surface area contributed by atoms with E-state index >= 15 is 0 Å². The molecule has 0 bridgehead atoms. The first kappa shape index (κ1) is 22.5. The van der Waals surface area contributed by atoms with Gasteiger partial charge in [-0.05, 0) is 61.0 Å². The summed E-state index contributed by atoms with van der Waals surface area (Å²) in [7, 11) is 0. The van der Waals surface area contributed by atoms with Gasteiger partial charge in [0, 0.05) is 26.3 Å². The number of halogens is 3. The van der Waals surface area contributed by atoms with Gasteiger partial charge >= 0.3 is 0 Å². The van der Waals surface area contributed by atoms with Crippen molar-refractivity contribution in [3.8, 4) is 0 Å². The average molecular weight is 480 g/mol. The molecule has 0 aromatic heterocycles. The van der Waals surface area contributed by atoms with E-state index in [0.29, 0.717) is 27.0 Å². The quantitative estimate of drug-likeness (QED) is 0.377. The van der Waals surface area contributed by atoms with Gasteiger partial charge in [-0.25, -0.2) is 0 Å². The van der Waals surface area contributed by atoms with Gasteiger partial charge in [0.25, 0.3) is 5.91 Å². The lowest BCUT2D eigenvalue weighted by Gasteiger charge is -2.09. The van der Waals surface area contributed by atoms with Gasteiger partial charge in [0.2, 0.25) is 5.91 Å². The highest BCUT2D eigenvalue weighted by Crippen LogP contribution is 2.25. The molecule has 0 fully saturated rings. The zero-order chi connectivity index (χ0) is 21.7. The predicted octanol–water partition coefficient (Wildman–Crippen LogP) is 6.94. The second-order valence-corrected chi connectivity index (χ2v) is 8.71. The Morgan fingerprint density at radius 2 is 1.63 bits per heavy atom. The summed E-state index contributed by atoms with van der Waals surface area (Å²) in [6.07, 6.45) is 0. The van der Waals surface area contributed by atoms with Crippen LogP contribution in [-0.2, 0) is 4.79 Å². The van der Waals surface area contributed by atoms with Gasteiger partial charge in [0.15, 0.2) is 0 Å². The third kappa shape index (κ3) is 6.16. The highest BCUT2D eigenvalue weighted by atomic mass is 35.5.